The van der Waals surface area contributed by atoms with Crippen LogP contribution in [-0.4, -0.2) is 58.9 Å². The minimum Gasteiger partial charge on any atom is -0.369 e. The fraction of sp³-hybridized carbons (Fsp3) is 0.765. The average Bonchev–Trinajstić information content (AvgIpc) is 3.13. The summed E-state index contributed by atoms with van der Waals surface area (Å²) in [4.78, 5) is 40.3. The van der Waals surface area contributed by atoms with Gasteiger partial charge in [0.15, 0.2) is 5.82 Å². The summed E-state index contributed by atoms with van der Waals surface area (Å²) >= 11 is 0. The third-order valence-corrected chi connectivity index (χ3v) is 7.43. The third-order valence-electron chi connectivity index (χ3n) is 5.46. The molecule has 0 spiro atoms. The molecular weight excluding hydrogens is 480 g/mol. The Labute approximate surface area is 191 Å². The maximum Gasteiger partial charge on any atom is 0.472 e. The van der Waals surface area contributed by atoms with E-state index < -0.39 is 27.1 Å². The molecule has 1 fully saturated rings. The molecule has 1 aliphatic carbocycles. The first-order chi connectivity index (χ1) is 15.6. The minimum absolute atomic E-state index is 0.0402. The van der Waals surface area contributed by atoms with E-state index in [0.29, 0.717) is 25.1 Å². The number of rotatable bonds is 13. The molecule has 0 saturated heterocycles. The quantitative estimate of drug-likeness (QED) is 0.240. The Morgan fingerprint density at radius 2 is 1.70 bits per heavy atom. The van der Waals surface area contributed by atoms with Crippen molar-refractivity contribution in [3.8, 4) is 0 Å². The molecule has 0 radical (unpaired) electrons. The van der Waals surface area contributed by atoms with Crippen LogP contribution >= 0.6 is 15.6 Å². The van der Waals surface area contributed by atoms with Crippen molar-refractivity contribution >= 4 is 33.1 Å². The van der Waals surface area contributed by atoms with Crippen molar-refractivity contribution in [2.24, 2.45) is 11.8 Å². The molecule has 2 heterocycles. The van der Waals surface area contributed by atoms with E-state index in [9.17, 15) is 23.7 Å². The molecule has 0 aromatic carbocycles. The maximum absolute atomic E-state index is 12.2. The highest BCUT2D eigenvalue weighted by atomic mass is 31.2. The first-order valence-electron chi connectivity index (χ1n) is 10.7. The van der Waals surface area contributed by atoms with Crippen LogP contribution in [0.2, 0.25) is 0 Å². The Hall–Kier alpha value is -1.50. The number of phosphoric acid groups is 2. The van der Waals surface area contributed by atoms with Crippen molar-refractivity contribution in [2.45, 2.75) is 39.2 Å². The van der Waals surface area contributed by atoms with Crippen molar-refractivity contribution in [3.05, 3.63) is 10.4 Å². The number of nitrogens with one attached hydrogen (secondary N) is 2. The van der Waals surface area contributed by atoms with E-state index in [2.05, 4.69) is 15.3 Å². The zero-order valence-electron chi connectivity index (χ0n) is 18.5. The SMILES string of the molecule is CCCOP(=O)(O)OCC1CC(N2CNc3c2nc(N)[nH]c3=O)C1COP(=O)(O)OCCC. The molecule has 1 saturated carbocycles. The van der Waals surface area contributed by atoms with Gasteiger partial charge in [-0.1, -0.05) is 13.8 Å². The highest BCUT2D eigenvalue weighted by Crippen LogP contribution is 2.50. The van der Waals surface area contributed by atoms with Gasteiger partial charge < -0.3 is 25.7 Å². The van der Waals surface area contributed by atoms with E-state index >= 15 is 0 Å². The molecule has 33 heavy (non-hydrogen) atoms. The lowest BCUT2D eigenvalue weighted by molar-refractivity contribution is 0.0126. The molecule has 1 aromatic heterocycles. The number of aromatic amines is 1. The molecule has 5 atom stereocenters. The molecule has 0 bridgehead atoms. The van der Waals surface area contributed by atoms with Crippen molar-refractivity contribution in [1.82, 2.24) is 9.97 Å². The van der Waals surface area contributed by atoms with Crippen molar-refractivity contribution in [1.29, 1.82) is 0 Å². The molecule has 0 amide bonds. The second-order valence-electron chi connectivity index (χ2n) is 7.88. The largest absolute Gasteiger partial charge is 0.472 e. The second kappa shape index (κ2) is 10.8. The van der Waals surface area contributed by atoms with Crippen molar-refractivity contribution in [3.63, 3.8) is 0 Å². The lowest BCUT2D eigenvalue weighted by atomic mass is 9.69. The van der Waals surface area contributed by atoms with Gasteiger partial charge in [-0.2, -0.15) is 4.98 Å². The fourth-order valence-electron chi connectivity index (χ4n) is 3.79. The second-order valence-corrected chi connectivity index (χ2v) is 10.8. The van der Waals surface area contributed by atoms with Gasteiger partial charge in [0.1, 0.15) is 5.69 Å². The normalized spacial score (nSPS) is 25.6. The van der Waals surface area contributed by atoms with Crippen LogP contribution in [0.25, 0.3) is 0 Å². The molecule has 188 valence electrons. The number of aromatic nitrogens is 2. The Kier molecular flexibility index (Phi) is 8.57. The zero-order valence-corrected chi connectivity index (χ0v) is 20.3. The molecule has 14 nitrogen and oxygen atoms in total. The lowest BCUT2D eigenvalue weighted by Crippen LogP contribution is -2.55. The summed E-state index contributed by atoms with van der Waals surface area (Å²) in [6.07, 6.45) is 1.58. The van der Waals surface area contributed by atoms with Crippen LogP contribution in [0.15, 0.2) is 4.79 Å². The standard InChI is InChI=1S/C17H31N5O9P2/c1-3-5-28-32(24,25)30-8-11-7-13(12(11)9-31-33(26,27)29-6-4-2)22-10-19-14-15(22)20-17(18)21-16(14)23/h11-13,19H,3-10H2,1-2H3,(H,24,25)(H,26,27)(H3,18,20,21,23). The Morgan fingerprint density at radius 3 is 2.30 bits per heavy atom. The first-order valence-corrected chi connectivity index (χ1v) is 13.7. The third kappa shape index (κ3) is 6.55. The summed E-state index contributed by atoms with van der Waals surface area (Å²) in [6, 6.07) is -0.262. The van der Waals surface area contributed by atoms with Gasteiger partial charge in [-0.05, 0) is 25.2 Å². The summed E-state index contributed by atoms with van der Waals surface area (Å²) in [6.45, 7) is 3.71. The molecule has 5 unspecified atom stereocenters. The van der Waals surface area contributed by atoms with Gasteiger partial charge >= 0.3 is 15.6 Å². The number of nitrogens with two attached hydrogens (primary N) is 1. The van der Waals surface area contributed by atoms with E-state index in [1.807, 2.05) is 4.90 Å². The van der Waals surface area contributed by atoms with Gasteiger partial charge in [-0.25, -0.2) is 9.13 Å². The molecule has 2 aliphatic rings. The van der Waals surface area contributed by atoms with Crippen LogP contribution in [0.3, 0.4) is 0 Å². The number of anilines is 3. The highest BCUT2D eigenvalue weighted by molar-refractivity contribution is 7.47. The average molecular weight is 511 g/mol. The Bertz CT molecular complexity index is 977. The predicted octanol–water partition coefficient (Wildman–Crippen LogP) is 1.63. The van der Waals surface area contributed by atoms with Gasteiger partial charge in [0.2, 0.25) is 5.95 Å². The fourth-order valence-corrected chi connectivity index (χ4v) is 5.51. The smallest absolute Gasteiger partial charge is 0.369 e. The number of fused-ring (bicyclic) bond motifs is 1. The van der Waals surface area contributed by atoms with E-state index in [4.69, 9.17) is 23.8 Å². The molecule has 1 aromatic rings. The summed E-state index contributed by atoms with van der Waals surface area (Å²) in [5.41, 5.74) is 5.55. The molecule has 1 aliphatic heterocycles. The van der Waals surface area contributed by atoms with Gasteiger partial charge in [0, 0.05) is 12.0 Å². The maximum atomic E-state index is 12.2. The number of hydrogen-bond donors (Lipinski definition) is 5. The summed E-state index contributed by atoms with van der Waals surface area (Å²) < 4.78 is 44.3. The van der Waals surface area contributed by atoms with Crippen LogP contribution in [-0.2, 0) is 27.2 Å². The number of nitrogens with zero attached hydrogens (tertiary/aromatic N) is 2. The molecule has 6 N–H and O–H groups in total. The number of phosphoric ester groups is 2. The van der Waals surface area contributed by atoms with Crippen molar-refractivity contribution < 1.29 is 37.0 Å². The van der Waals surface area contributed by atoms with Gasteiger partial charge in [0.05, 0.1) is 33.1 Å². The molecule has 16 heteroatoms. The number of hydrogen-bond acceptors (Lipinski definition) is 11. The van der Waals surface area contributed by atoms with Crippen LogP contribution in [0.5, 0.6) is 0 Å². The van der Waals surface area contributed by atoms with Crippen LogP contribution < -0.4 is 21.5 Å². The first kappa shape index (κ1) is 26.1. The van der Waals surface area contributed by atoms with E-state index in [1.165, 1.54) is 0 Å². The van der Waals surface area contributed by atoms with Crippen LogP contribution in [0, 0.1) is 11.8 Å². The predicted molar refractivity (Wildman–Crippen MR) is 120 cm³/mol. The topological polar surface area (TPSA) is 199 Å². The summed E-state index contributed by atoms with van der Waals surface area (Å²) in [7, 11) is -8.49. The molecular formula is C17H31N5O9P2. The lowest BCUT2D eigenvalue weighted by Gasteiger charge is -2.48. The monoisotopic (exact) mass is 511 g/mol. The summed E-state index contributed by atoms with van der Waals surface area (Å²) in [5.74, 6) is -0.354. The van der Waals surface area contributed by atoms with Crippen LogP contribution in [0.1, 0.15) is 33.1 Å². The van der Waals surface area contributed by atoms with Crippen LogP contribution in [0.4, 0.5) is 17.5 Å². The van der Waals surface area contributed by atoms with Crippen molar-refractivity contribution in [2.75, 3.05) is 49.0 Å². The van der Waals surface area contributed by atoms with E-state index in [1.54, 1.807) is 13.8 Å². The van der Waals surface area contributed by atoms with E-state index in [-0.39, 0.29) is 56.7 Å². The molecule has 3 rings (SSSR count). The summed E-state index contributed by atoms with van der Waals surface area (Å²) in [5, 5.41) is 2.97. The highest BCUT2D eigenvalue weighted by Gasteiger charge is 2.48. The van der Waals surface area contributed by atoms with E-state index in [0.717, 1.165) is 0 Å². The van der Waals surface area contributed by atoms with Gasteiger partial charge in [0.25, 0.3) is 5.56 Å². The van der Waals surface area contributed by atoms with Gasteiger partial charge in [-0.3, -0.25) is 27.9 Å². The number of nitrogen functional groups attached to an aromatic ring is 1. The number of H-pyrrole nitrogens is 1. The zero-order chi connectivity index (χ0) is 24.2. The van der Waals surface area contributed by atoms with Gasteiger partial charge in [-0.15, -0.1) is 0 Å². The minimum atomic E-state index is -4.27. The Morgan fingerprint density at radius 1 is 1.09 bits per heavy atom. The Balaban J connectivity index is 1.72.